The zero-order valence-corrected chi connectivity index (χ0v) is 18.8. The molecule has 0 aliphatic heterocycles. The molecule has 166 valence electrons. The summed E-state index contributed by atoms with van der Waals surface area (Å²) in [7, 11) is 3.15. The number of nitrogens with zero attached hydrogens (tertiary/aromatic N) is 2. The number of hydrogen-bond donors (Lipinski definition) is 1. The maximum absolute atomic E-state index is 12.4. The lowest BCUT2D eigenvalue weighted by Gasteiger charge is -2.10. The van der Waals surface area contributed by atoms with Gasteiger partial charge in [0, 0.05) is 5.56 Å². The number of anilines is 1. The van der Waals surface area contributed by atoms with Crippen LogP contribution >= 0.6 is 11.8 Å². The zero-order chi connectivity index (χ0) is 22.9. The predicted molar refractivity (Wildman–Crippen MR) is 122 cm³/mol. The molecular formula is C23H23N3O5S. The highest BCUT2D eigenvalue weighted by atomic mass is 32.2. The van der Waals surface area contributed by atoms with E-state index in [9.17, 15) is 9.59 Å². The molecule has 0 spiro atoms. The zero-order valence-electron chi connectivity index (χ0n) is 18.0. The SMILES string of the molecule is CCOC(=O)c1ccccc1NC(=O)CSc1ccc(-c2ccc(OC)c(OC)c2)nn1. The van der Waals surface area contributed by atoms with Crippen molar-refractivity contribution in [1.29, 1.82) is 0 Å². The van der Waals surface area contributed by atoms with E-state index in [0.717, 1.165) is 5.56 Å². The third kappa shape index (κ3) is 5.76. The first-order valence-electron chi connectivity index (χ1n) is 9.80. The number of aromatic nitrogens is 2. The predicted octanol–water partition coefficient (Wildman–Crippen LogP) is 4.07. The van der Waals surface area contributed by atoms with Crippen molar-refractivity contribution in [2.24, 2.45) is 0 Å². The number of nitrogens with one attached hydrogen (secondary N) is 1. The highest BCUT2D eigenvalue weighted by Crippen LogP contribution is 2.31. The van der Waals surface area contributed by atoms with Gasteiger partial charge in [0.05, 0.1) is 43.5 Å². The second-order valence-electron chi connectivity index (χ2n) is 6.43. The Bertz CT molecular complexity index is 1090. The van der Waals surface area contributed by atoms with E-state index >= 15 is 0 Å². The molecule has 3 rings (SSSR count). The Hall–Kier alpha value is -3.59. The number of para-hydroxylation sites is 1. The fourth-order valence-electron chi connectivity index (χ4n) is 2.85. The molecule has 8 nitrogen and oxygen atoms in total. The summed E-state index contributed by atoms with van der Waals surface area (Å²) in [4.78, 5) is 24.4. The largest absolute Gasteiger partial charge is 0.493 e. The van der Waals surface area contributed by atoms with Gasteiger partial charge in [-0.05, 0) is 49.4 Å². The van der Waals surface area contributed by atoms with Crippen LogP contribution in [0.25, 0.3) is 11.3 Å². The van der Waals surface area contributed by atoms with Gasteiger partial charge >= 0.3 is 5.97 Å². The topological polar surface area (TPSA) is 99.6 Å². The molecule has 2 aromatic carbocycles. The Balaban J connectivity index is 1.61. The number of benzene rings is 2. The van der Waals surface area contributed by atoms with Crippen LogP contribution in [0.3, 0.4) is 0 Å². The Kier molecular flexibility index (Phi) is 8.04. The van der Waals surface area contributed by atoms with Gasteiger partial charge in [-0.15, -0.1) is 10.2 Å². The lowest BCUT2D eigenvalue weighted by molar-refractivity contribution is -0.113. The third-order valence-corrected chi connectivity index (χ3v) is 5.29. The summed E-state index contributed by atoms with van der Waals surface area (Å²) < 4.78 is 15.6. The molecule has 0 aliphatic carbocycles. The molecule has 1 amide bonds. The van der Waals surface area contributed by atoms with Crippen molar-refractivity contribution in [2.75, 3.05) is 31.9 Å². The third-order valence-electron chi connectivity index (χ3n) is 4.37. The van der Waals surface area contributed by atoms with Crippen LogP contribution in [-0.4, -0.2) is 48.7 Å². The fourth-order valence-corrected chi connectivity index (χ4v) is 3.47. The molecule has 3 aromatic rings. The molecule has 32 heavy (non-hydrogen) atoms. The Morgan fingerprint density at radius 3 is 2.44 bits per heavy atom. The summed E-state index contributed by atoms with van der Waals surface area (Å²) in [5, 5.41) is 11.8. The molecule has 0 unspecified atom stereocenters. The quantitative estimate of drug-likeness (QED) is 0.382. The van der Waals surface area contributed by atoms with Gasteiger partial charge in [0.2, 0.25) is 5.91 Å². The van der Waals surface area contributed by atoms with Gasteiger partial charge in [0.15, 0.2) is 11.5 Å². The van der Waals surface area contributed by atoms with Gasteiger partial charge in [-0.2, -0.15) is 0 Å². The van der Waals surface area contributed by atoms with Crippen LogP contribution in [-0.2, 0) is 9.53 Å². The van der Waals surface area contributed by atoms with E-state index in [0.29, 0.717) is 33.5 Å². The number of rotatable bonds is 9. The Morgan fingerprint density at radius 1 is 0.969 bits per heavy atom. The van der Waals surface area contributed by atoms with E-state index in [4.69, 9.17) is 14.2 Å². The summed E-state index contributed by atoms with van der Waals surface area (Å²) in [6, 6.07) is 15.8. The molecule has 0 fully saturated rings. The minimum Gasteiger partial charge on any atom is -0.493 e. The van der Waals surface area contributed by atoms with Crippen LogP contribution in [0.5, 0.6) is 11.5 Å². The molecule has 0 radical (unpaired) electrons. The van der Waals surface area contributed by atoms with Crippen molar-refractivity contribution in [3.05, 3.63) is 60.2 Å². The number of carbonyl (C=O) groups excluding carboxylic acids is 2. The number of ether oxygens (including phenoxy) is 3. The van der Waals surface area contributed by atoms with Crippen LogP contribution in [0.4, 0.5) is 5.69 Å². The van der Waals surface area contributed by atoms with E-state index in [-0.39, 0.29) is 18.3 Å². The van der Waals surface area contributed by atoms with Crippen LogP contribution in [0.1, 0.15) is 17.3 Å². The summed E-state index contributed by atoms with van der Waals surface area (Å²) in [5.74, 6) is 0.601. The molecule has 9 heteroatoms. The normalized spacial score (nSPS) is 10.3. The standard InChI is InChI=1S/C23H23N3O5S/c1-4-31-23(28)16-7-5-6-8-18(16)24-21(27)14-32-22-12-10-17(25-26-22)15-9-11-19(29-2)20(13-15)30-3/h5-13H,4,14H2,1-3H3,(H,24,27). The maximum atomic E-state index is 12.4. The second-order valence-corrected chi connectivity index (χ2v) is 7.43. The monoisotopic (exact) mass is 453 g/mol. The van der Waals surface area contributed by atoms with Gasteiger partial charge < -0.3 is 19.5 Å². The van der Waals surface area contributed by atoms with Crippen LogP contribution < -0.4 is 14.8 Å². The number of esters is 1. The molecule has 1 aromatic heterocycles. The van der Waals surface area contributed by atoms with Crippen molar-refractivity contribution >= 4 is 29.3 Å². The molecule has 0 saturated heterocycles. The van der Waals surface area contributed by atoms with Crippen molar-refractivity contribution in [1.82, 2.24) is 10.2 Å². The van der Waals surface area contributed by atoms with Gasteiger partial charge in [-0.1, -0.05) is 23.9 Å². The number of carbonyl (C=O) groups is 2. The minimum atomic E-state index is -0.479. The van der Waals surface area contributed by atoms with Crippen LogP contribution in [0.2, 0.25) is 0 Å². The van der Waals surface area contributed by atoms with Gasteiger partial charge in [-0.3, -0.25) is 4.79 Å². The molecule has 0 aliphatic rings. The van der Waals surface area contributed by atoms with E-state index in [2.05, 4.69) is 15.5 Å². The maximum Gasteiger partial charge on any atom is 0.340 e. The molecule has 1 N–H and O–H groups in total. The van der Waals surface area contributed by atoms with E-state index in [1.54, 1.807) is 57.5 Å². The molecule has 1 heterocycles. The van der Waals surface area contributed by atoms with Crippen molar-refractivity contribution < 1.29 is 23.8 Å². The molecule has 0 atom stereocenters. The number of methoxy groups -OCH3 is 2. The van der Waals surface area contributed by atoms with E-state index in [1.807, 2.05) is 18.2 Å². The summed E-state index contributed by atoms with van der Waals surface area (Å²) in [6.45, 7) is 1.99. The highest BCUT2D eigenvalue weighted by molar-refractivity contribution is 7.99. The smallest absolute Gasteiger partial charge is 0.340 e. The minimum absolute atomic E-state index is 0.113. The highest BCUT2D eigenvalue weighted by Gasteiger charge is 2.14. The van der Waals surface area contributed by atoms with Crippen molar-refractivity contribution in [3.63, 3.8) is 0 Å². The first-order valence-corrected chi connectivity index (χ1v) is 10.8. The lowest BCUT2D eigenvalue weighted by Crippen LogP contribution is -2.17. The number of hydrogen-bond acceptors (Lipinski definition) is 8. The Labute approximate surface area is 190 Å². The first kappa shape index (κ1) is 23.1. The number of thioether (sulfide) groups is 1. The summed E-state index contributed by atoms with van der Waals surface area (Å²) in [5.41, 5.74) is 2.22. The summed E-state index contributed by atoms with van der Waals surface area (Å²) >= 11 is 1.24. The lowest BCUT2D eigenvalue weighted by atomic mass is 10.1. The van der Waals surface area contributed by atoms with Gasteiger partial charge in [0.25, 0.3) is 0 Å². The van der Waals surface area contributed by atoms with Gasteiger partial charge in [0.1, 0.15) is 5.03 Å². The fraction of sp³-hybridized carbons (Fsp3) is 0.217. The van der Waals surface area contributed by atoms with Gasteiger partial charge in [-0.25, -0.2) is 4.79 Å². The van der Waals surface area contributed by atoms with Crippen molar-refractivity contribution in [2.45, 2.75) is 11.9 Å². The molecular weight excluding hydrogens is 430 g/mol. The van der Waals surface area contributed by atoms with E-state index < -0.39 is 5.97 Å². The molecule has 0 saturated carbocycles. The second kappa shape index (κ2) is 11.1. The molecule has 0 bridgehead atoms. The summed E-state index contributed by atoms with van der Waals surface area (Å²) in [6.07, 6.45) is 0. The first-order chi connectivity index (χ1) is 15.5. The van der Waals surface area contributed by atoms with Crippen LogP contribution in [0, 0.1) is 0 Å². The Morgan fingerprint density at radius 2 is 1.75 bits per heavy atom. The van der Waals surface area contributed by atoms with Crippen LogP contribution in [0.15, 0.2) is 59.6 Å². The number of amides is 1. The average Bonchev–Trinajstić information content (AvgIpc) is 2.83. The average molecular weight is 454 g/mol. The van der Waals surface area contributed by atoms with Crippen molar-refractivity contribution in [3.8, 4) is 22.8 Å². The van der Waals surface area contributed by atoms with E-state index in [1.165, 1.54) is 11.8 Å².